The minimum absolute atomic E-state index is 0.0984. The zero-order valence-electron chi connectivity index (χ0n) is 12.9. The molecule has 0 bridgehead atoms. The van der Waals surface area contributed by atoms with E-state index < -0.39 is 16.0 Å². The first-order valence-electron chi connectivity index (χ1n) is 6.80. The Bertz CT molecular complexity index is 794. The predicted molar refractivity (Wildman–Crippen MR) is 82.8 cm³/mol. The molecule has 2 aromatic heterocycles. The van der Waals surface area contributed by atoms with Crippen molar-refractivity contribution in [1.29, 1.82) is 0 Å². The lowest BCUT2D eigenvalue weighted by Gasteiger charge is -2.14. The highest BCUT2D eigenvalue weighted by Crippen LogP contribution is 2.25. The van der Waals surface area contributed by atoms with Crippen LogP contribution in [0.1, 0.15) is 35.2 Å². The van der Waals surface area contributed by atoms with E-state index >= 15 is 0 Å². The van der Waals surface area contributed by atoms with Crippen molar-refractivity contribution in [3.63, 3.8) is 0 Å². The van der Waals surface area contributed by atoms with Gasteiger partial charge in [-0.15, -0.1) is 11.3 Å². The van der Waals surface area contributed by atoms with Crippen LogP contribution in [0.15, 0.2) is 20.9 Å². The number of hydrogen-bond donors (Lipinski definition) is 1. The quantitative estimate of drug-likeness (QED) is 0.802. The van der Waals surface area contributed by atoms with Crippen molar-refractivity contribution >= 4 is 27.3 Å². The minimum Gasteiger partial charge on any atom is -0.477 e. The molecule has 0 saturated heterocycles. The van der Waals surface area contributed by atoms with Crippen LogP contribution in [0.3, 0.4) is 0 Å². The number of aromatic nitrogens is 2. The number of carboxylic acids is 1. The summed E-state index contributed by atoms with van der Waals surface area (Å²) in [5.74, 6) is -0.249. The van der Waals surface area contributed by atoms with Gasteiger partial charge in [0.25, 0.3) is 0 Å². The number of hydrogen-bond acceptors (Lipinski definition) is 7. The first kappa shape index (κ1) is 17.6. The predicted octanol–water partition coefficient (Wildman–Crippen LogP) is 1.85. The molecule has 0 aliphatic carbocycles. The average Bonchev–Trinajstić information content (AvgIpc) is 3.07. The second-order valence-corrected chi connectivity index (χ2v) is 8.31. The largest absolute Gasteiger partial charge is 0.477 e. The Morgan fingerprint density at radius 2 is 2.17 bits per heavy atom. The molecule has 0 unspecified atom stereocenters. The molecule has 126 valence electrons. The van der Waals surface area contributed by atoms with Gasteiger partial charge in [0.2, 0.25) is 15.9 Å². The van der Waals surface area contributed by atoms with E-state index in [1.807, 2.05) is 13.8 Å². The summed E-state index contributed by atoms with van der Waals surface area (Å²) in [6.07, 6.45) is 0.608. The smallest absolute Gasteiger partial charge is 0.347 e. The van der Waals surface area contributed by atoms with Crippen molar-refractivity contribution in [3.8, 4) is 0 Å². The minimum atomic E-state index is -3.94. The van der Waals surface area contributed by atoms with Gasteiger partial charge in [-0.2, -0.15) is 9.29 Å². The van der Waals surface area contributed by atoms with Crippen LogP contribution in [0.5, 0.6) is 0 Å². The maximum Gasteiger partial charge on any atom is 0.347 e. The number of carbonyl (C=O) groups is 1. The summed E-state index contributed by atoms with van der Waals surface area (Å²) < 4.78 is 31.1. The van der Waals surface area contributed by atoms with E-state index in [1.54, 1.807) is 0 Å². The Balaban J connectivity index is 2.19. The van der Waals surface area contributed by atoms with Gasteiger partial charge in [-0.05, 0) is 17.4 Å². The third-order valence-corrected chi connectivity index (χ3v) is 5.85. The fourth-order valence-corrected chi connectivity index (χ4v) is 4.25. The lowest BCUT2D eigenvalue weighted by Crippen LogP contribution is -2.27. The standard InChI is InChI=1S/C13H17N3O5S2/c1-8(2)6-11-14-10(15-21-11)7-16(3)23(19,20)9-4-5-22-12(9)13(17)18/h4-5,8H,6-7H2,1-3H3,(H,17,18). The Morgan fingerprint density at radius 3 is 2.78 bits per heavy atom. The van der Waals surface area contributed by atoms with Crippen LogP contribution in [-0.4, -0.2) is 41.0 Å². The van der Waals surface area contributed by atoms with Crippen molar-refractivity contribution in [2.45, 2.75) is 31.7 Å². The van der Waals surface area contributed by atoms with Gasteiger partial charge < -0.3 is 9.63 Å². The zero-order chi connectivity index (χ0) is 17.2. The second-order valence-electron chi connectivity index (χ2n) is 5.38. The van der Waals surface area contributed by atoms with Gasteiger partial charge in [-0.3, -0.25) is 0 Å². The van der Waals surface area contributed by atoms with Crippen LogP contribution in [-0.2, 0) is 23.0 Å². The molecule has 0 radical (unpaired) electrons. The summed E-state index contributed by atoms with van der Waals surface area (Å²) in [7, 11) is -2.60. The number of aromatic carboxylic acids is 1. The summed E-state index contributed by atoms with van der Waals surface area (Å²) in [5.41, 5.74) is 0. The molecule has 0 aliphatic heterocycles. The summed E-state index contributed by atoms with van der Waals surface area (Å²) in [4.78, 5) is 14.8. The Hall–Kier alpha value is -1.78. The zero-order valence-corrected chi connectivity index (χ0v) is 14.5. The van der Waals surface area contributed by atoms with Crippen LogP contribution in [0.25, 0.3) is 0 Å². The fourth-order valence-electron chi connectivity index (χ4n) is 1.90. The molecule has 0 fully saturated rings. The molecule has 10 heteroatoms. The van der Waals surface area contributed by atoms with E-state index in [0.29, 0.717) is 18.2 Å². The Kier molecular flexibility index (Phi) is 5.17. The molecule has 2 heterocycles. The molecule has 23 heavy (non-hydrogen) atoms. The summed E-state index contributed by atoms with van der Waals surface area (Å²) in [6.45, 7) is 3.91. The maximum atomic E-state index is 12.5. The number of sulfonamides is 1. The second kappa shape index (κ2) is 6.77. The summed E-state index contributed by atoms with van der Waals surface area (Å²) >= 11 is 0.864. The highest BCUT2D eigenvalue weighted by atomic mass is 32.2. The molecule has 1 N–H and O–H groups in total. The lowest BCUT2D eigenvalue weighted by molar-refractivity contribution is 0.0698. The van der Waals surface area contributed by atoms with Gasteiger partial charge in [-0.1, -0.05) is 19.0 Å². The number of thiophene rings is 1. The van der Waals surface area contributed by atoms with E-state index in [-0.39, 0.29) is 22.1 Å². The van der Waals surface area contributed by atoms with Gasteiger partial charge in [0.1, 0.15) is 9.77 Å². The molecular formula is C13H17N3O5S2. The number of nitrogens with zero attached hydrogens (tertiary/aromatic N) is 3. The van der Waals surface area contributed by atoms with Crippen LogP contribution in [0.4, 0.5) is 0 Å². The third kappa shape index (κ3) is 3.95. The molecule has 0 amide bonds. The monoisotopic (exact) mass is 359 g/mol. The van der Waals surface area contributed by atoms with Crippen molar-refractivity contribution in [3.05, 3.63) is 28.0 Å². The Morgan fingerprint density at radius 1 is 1.48 bits per heavy atom. The first-order valence-corrected chi connectivity index (χ1v) is 9.12. The van der Waals surface area contributed by atoms with Gasteiger partial charge >= 0.3 is 5.97 Å². The highest BCUT2D eigenvalue weighted by molar-refractivity contribution is 7.89. The number of carboxylic acid groups (broad SMARTS) is 1. The SMILES string of the molecule is CC(C)Cc1nc(CN(C)S(=O)(=O)c2ccsc2C(=O)O)no1. The number of rotatable bonds is 7. The van der Waals surface area contributed by atoms with Crippen LogP contribution >= 0.6 is 11.3 Å². The third-order valence-electron chi connectivity index (χ3n) is 2.97. The Labute approximate surface area is 137 Å². The normalized spacial score (nSPS) is 12.2. The highest BCUT2D eigenvalue weighted by Gasteiger charge is 2.28. The fraction of sp³-hybridized carbons (Fsp3) is 0.462. The molecule has 0 saturated carbocycles. The van der Waals surface area contributed by atoms with Gasteiger partial charge in [0.05, 0.1) is 6.54 Å². The molecule has 0 aromatic carbocycles. The van der Waals surface area contributed by atoms with Crippen molar-refractivity contribution in [2.75, 3.05) is 7.05 Å². The van der Waals surface area contributed by atoms with Crippen LogP contribution < -0.4 is 0 Å². The molecule has 0 atom stereocenters. The average molecular weight is 359 g/mol. The molecule has 2 aromatic rings. The van der Waals surface area contributed by atoms with E-state index in [4.69, 9.17) is 9.63 Å². The van der Waals surface area contributed by atoms with Gasteiger partial charge in [0, 0.05) is 13.5 Å². The van der Waals surface area contributed by atoms with E-state index in [0.717, 1.165) is 15.6 Å². The van der Waals surface area contributed by atoms with Gasteiger partial charge in [-0.25, -0.2) is 13.2 Å². The van der Waals surface area contributed by atoms with E-state index in [9.17, 15) is 13.2 Å². The van der Waals surface area contributed by atoms with Crippen LogP contribution in [0, 0.1) is 5.92 Å². The topological polar surface area (TPSA) is 114 Å². The van der Waals surface area contributed by atoms with Crippen molar-refractivity contribution in [1.82, 2.24) is 14.4 Å². The lowest BCUT2D eigenvalue weighted by atomic mass is 10.1. The summed E-state index contributed by atoms with van der Waals surface area (Å²) in [6, 6.07) is 1.28. The molecule has 0 spiro atoms. The summed E-state index contributed by atoms with van der Waals surface area (Å²) in [5, 5.41) is 14.2. The first-order chi connectivity index (χ1) is 10.7. The molecule has 8 nitrogen and oxygen atoms in total. The van der Waals surface area contributed by atoms with Gasteiger partial charge in [0.15, 0.2) is 5.82 Å². The van der Waals surface area contributed by atoms with E-state index in [2.05, 4.69) is 10.1 Å². The van der Waals surface area contributed by atoms with Crippen LogP contribution in [0.2, 0.25) is 0 Å². The van der Waals surface area contributed by atoms with Crippen molar-refractivity contribution in [2.24, 2.45) is 5.92 Å². The molecule has 2 rings (SSSR count). The maximum absolute atomic E-state index is 12.5. The van der Waals surface area contributed by atoms with E-state index in [1.165, 1.54) is 18.5 Å². The van der Waals surface area contributed by atoms with Crippen molar-refractivity contribution < 1.29 is 22.8 Å². The molecular weight excluding hydrogens is 342 g/mol. The molecule has 0 aliphatic rings.